The van der Waals surface area contributed by atoms with Crippen molar-refractivity contribution in [1.82, 2.24) is 5.32 Å². The zero-order valence-electron chi connectivity index (χ0n) is 11.8. The van der Waals surface area contributed by atoms with E-state index in [2.05, 4.69) is 23.5 Å². The van der Waals surface area contributed by atoms with Crippen LogP contribution in [0.1, 0.15) is 26.3 Å². The molecule has 1 N–H and O–H groups in total. The molecule has 3 nitrogen and oxygen atoms in total. The standard InChI is InChI=1S/C15H18ClNO2S/c1-15(2,3)19-14(18)17-7-6-10-4-5-13-11(8-10)12(16)9-20-13/h4-5,8-9H,6-7H2,1-3H3,(H,17,18). The maximum Gasteiger partial charge on any atom is 0.407 e. The minimum absolute atomic E-state index is 0.382. The van der Waals surface area contributed by atoms with Crippen molar-refractivity contribution in [2.45, 2.75) is 32.8 Å². The maximum absolute atomic E-state index is 11.5. The number of carbonyl (C=O) groups excluding carboxylic acids is 1. The highest BCUT2D eigenvalue weighted by Crippen LogP contribution is 2.30. The Morgan fingerprint density at radius 3 is 2.85 bits per heavy atom. The van der Waals surface area contributed by atoms with Crippen LogP contribution < -0.4 is 5.32 Å². The molecule has 108 valence electrons. The number of alkyl carbamates (subject to hydrolysis) is 1. The highest BCUT2D eigenvalue weighted by molar-refractivity contribution is 7.17. The molecule has 1 aromatic heterocycles. The van der Waals surface area contributed by atoms with Crippen LogP contribution in [0.25, 0.3) is 10.1 Å². The quantitative estimate of drug-likeness (QED) is 0.898. The lowest BCUT2D eigenvalue weighted by Crippen LogP contribution is -2.33. The molecule has 0 aliphatic heterocycles. The summed E-state index contributed by atoms with van der Waals surface area (Å²) in [6.45, 7) is 6.08. The summed E-state index contributed by atoms with van der Waals surface area (Å²) in [6, 6.07) is 6.20. The Morgan fingerprint density at radius 2 is 2.15 bits per heavy atom. The second-order valence-electron chi connectivity index (χ2n) is 5.59. The molecule has 2 aromatic rings. The molecule has 20 heavy (non-hydrogen) atoms. The van der Waals surface area contributed by atoms with E-state index in [0.29, 0.717) is 6.54 Å². The molecule has 0 saturated heterocycles. The molecule has 0 fully saturated rings. The van der Waals surface area contributed by atoms with E-state index in [0.717, 1.165) is 22.4 Å². The third kappa shape index (κ3) is 4.12. The fourth-order valence-electron chi connectivity index (χ4n) is 1.82. The summed E-state index contributed by atoms with van der Waals surface area (Å²) >= 11 is 7.76. The van der Waals surface area contributed by atoms with E-state index in [-0.39, 0.29) is 6.09 Å². The SMILES string of the molecule is CC(C)(C)OC(=O)NCCc1ccc2scc(Cl)c2c1. The topological polar surface area (TPSA) is 38.3 Å². The molecule has 0 bridgehead atoms. The van der Waals surface area contributed by atoms with E-state index in [1.54, 1.807) is 11.3 Å². The highest BCUT2D eigenvalue weighted by Gasteiger charge is 2.15. The van der Waals surface area contributed by atoms with Crippen molar-refractivity contribution in [1.29, 1.82) is 0 Å². The smallest absolute Gasteiger partial charge is 0.407 e. The summed E-state index contributed by atoms with van der Waals surface area (Å²) in [5.41, 5.74) is 0.682. The van der Waals surface area contributed by atoms with E-state index < -0.39 is 5.60 Å². The molecule has 2 rings (SSSR count). The van der Waals surface area contributed by atoms with E-state index in [4.69, 9.17) is 16.3 Å². The van der Waals surface area contributed by atoms with Crippen LogP contribution in [0.2, 0.25) is 5.02 Å². The highest BCUT2D eigenvalue weighted by atomic mass is 35.5. The Labute approximate surface area is 127 Å². The van der Waals surface area contributed by atoms with Gasteiger partial charge < -0.3 is 10.1 Å². The zero-order chi connectivity index (χ0) is 14.8. The molecule has 0 aliphatic carbocycles. The molecule has 0 spiro atoms. The fraction of sp³-hybridized carbons (Fsp3) is 0.400. The van der Waals surface area contributed by atoms with Gasteiger partial charge in [0.25, 0.3) is 0 Å². The number of hydrogen-bond acceptors (Lipinski definition) is 3. The van der Waals surface area contributed by atoms with Crippen LogP contribution in [0.4, 0.5) is 4.79 Å². The minimum atomic E-state index is -0.465. The van der Waals surface area contributed by atoms with Crippen LogP contribution in [-0.4, -0.2) is 18.2 Å². The monoisotopic (exact) mass is 311 g/mol. The Morgan fingerprint density at radius 1 is 1.40 bits per heavy atom. The average Bonchev–Trinajstić information content (AvgIpc) is 2.69. The minimum Gasteiger partial charge on any atom is -0.444 e. The summed E-state index contributed by atoms with van der Waals surface area (Å²) in [4.78, 5) is 11.5. The van der Waals surface area contributed by atoms with Crippen LogP contribution in [0, 0.1) is 0 Å². The van der Waals surface area contributed by atoms with Gasteiger partial charge in [-0.2, -0.15) is 0 Å². The first kappa shape index (κ1) is 15.1. The van der Waals surface area contributed by atoms with Crippen molar-refractivity contribution in [2.75, 3.05) is 6.54 Å². The molecule has 1 amide bonds. The van der Waals surface area contributed by atoms with Gasteiger partial charge in [-0.15, -0.1) is 11.3 Å². The molecule has 5 heteroatoms. The van der Waals surface area contributed by atoms with Gasteiger partial charge in [-0.3, -0.25) is 0 Å². The molecule has 0 atom stereocenters. The van der Waals surface area contributed by atoms with Gasteiger partial charge in [0, 0.05) is 22.0 Å². The second kappa shape index (κ2) is 6.02. The zero-order valence-corrected chi connectivity index (χ0v) is 13.4. The van der Waals surface area contributed by atoms with E-state index in [1.165, 1.54) is 4.70 Å². The first-order chi connectivity index (χ1) is 9.35. The number of rotatable bonds is 3. The van der Waals surface area contributed by atoms with Crippen molar-refractivity contribution in [3.05, 3.63) is 34.2 Å². The number of benzene rings is 1. The number of halogens is 1. The Balaban J connectivity index is 1.89. The molecule has 0 saturated carbocycles. The van der Waals surface area contributed by atoms with Crippen LogP contribution in [0.5, 0.6) is 0 Å². The molecule has 1 heterocycles. The lowest BCUT2D eigenvalue weighted by atomic mass is 10.1. The number of thiophene rings is 1. The second-order valence-corrected chi connectivity index (χ2v) is 6.91. The summed E-state index contributed by atoms with van der Waals surface area (Å²) < 4.78 is 6.36. The third-order valence-electron chi connectivity index (χ3n) is 2.67. The van der Waals surface area contributed by atoms with Crippen molar-refractivity contribution in [3.8, 4) is 0 Å². The van der Waals surface area contributed by atoms with Crippen molar-refractivity contribution in [3.63, 3.8) is 0 Å². The lowest BCUT2D eigenvalue weighted by molar-refractivity contribution is 0.0528. The van der Waals surface area contributed by atoms with E-state index in [1.807, 2.05) is 26.2 Å². The van der Waals surface area contributed by atoms with Gasteiger partial charge in [0.1, 0.15) is 5.60 Å². The predicted molar refractivity (Wildman–Crippen MR) is 84.8 cm³/mol. The summed E-state index contributed by atoms with van der Waals surface area (Å²) in [7, 11) is 0. The van der Waals surface area contributed by atoms with Gasteiger partial charge in [0.05, 0.1) is 5.02 Å². The number of nitrogens with one attached hydrogen (secondary N) is 1. The van der Waals surface area contributed by atoms with Gasteiger partial charge >= 0.3 is 6.09 Å². The fourth-order valence-corrected chi connectivity index (χ4v) is 2.97. The normalized spacial score (nSPS) is 11.6. The van der Waals surface area contributed by atoms with E-state index >= 15 is 0 Å². The first-order valence-corrected chi connectivity index (χ1v) is 7.73. The third-order valence-corrected chi connectivity index (χ3v) is 4.08. The Kier molecular flexibility index (Phi) is 4.55. The Bertz CT molecular complexity index is 616. The largest absolute Gasteiger partial charge is 0.444 e. The van der Waals surface area contributed by atoms with Crippen LogP contribution in [0.3, 0.4) is 0 Å². The predicted octanol–water partition coefficient (Wildman–Crippen LogP) is 4.62. The molecule has 0 unspecified atom stereocenters. The number of carbonyl (C=O) groups is 1. The molecule has 0 radical (unpaired) electrons. The number of hydrogen-bond donors (Lipinski definition) is 1. The summed E-state index contributed by atoms with van der Waals surface area (Å²) in [5.74, 6) is 0. The Hall–Kier alpha value is -1.26. The van der Waals surface area contributed by atoms with Crippen molar-refractivity contribution in [2.24, 2.45) is 0 Å². The van der Waals surface area contributed by atoms with Crippen molar-refractivity contribution < 1.29 is 9.53 Å². The van der Waals surface area contributed by atoms with Gasteiger partial charge in [-0.05, 0) is 44.9 Å². The van der Waals surface area contributed by atoms with Gasteiger partial charge in [0.15, 0.2) is 0 Å². The molecule has 1 aromatic carbocycles. The number of amides is 1. The van der Waals surface area contributed by atoms with Gasteiger partial charge in [-0.1, -0.05) is 17.7 Å². The summed E-state index contributed by atoms with van der Waals surface area (Å²) in [5, 5.41) is 6.55. The number of ether oxygens (including phenoxy) is 1. The lowest BCUT2D eigenvalue weighted by Gasteiger charge is -2.19. The molecular weight excluding hydrogens is 294 g/mol. The van der Waals surface area contributed by atoms with E-state index in [9.17, 15) is 4.79 Å². The molecule has 0 aliphatic rings. The molecular formula is C15H18ClNO2S. The van der Waals surface area contributed by atoms with Gasteiger partial charge in [-0.25, -0.2) is 4.79 Å². The van der Waals surface area contributed by atoms with Crippen LogP contribution in [-0.2, 0) is 11.2 Å². The van der Waals surface area contributed by atoms with Gasteiger partial charge in [0.2, 0.25) is 0 Å². The van der Waals surface area contributed by atoms with Crippen molar-refractivity contribution >= 4 is 39.1 Å². The van der Waals surface area contributed by atoms with Crippen LogP contribution >= 0.6 is 22.9 Å². The van der Waals surface area contributed by atoms with Crippen LogP contribution in [0.15, 0.2) is 23.6 Å². The first-order valence-electron chi connectivity index (χ1n) is 6.47. The number of fused-ring (bicyclic) bond motifs is 1. The summed E-state index contributed by atoms with van der Waals surface area (Å²) in [6.07, 6.45) is 0.369. The maximum atomic E-state index is 11.5. The average molecular weight is 312 g/mol.